The van der Waals surface area contributed by atoms with E-state index in [-0.39, 0.29) is 0 Å². The van der Waals surface area contributed by atoms with Gasteiger partial charge in [-0.25, -0.2) is 4.79 Å². The number of hydrogen-bond donors (Lipinski definition) is 2. The number of alkyl halides is 3. The summed E-state index contributed by atoms with van der Waals surface area (Å²) in [4.78, 5) is 34.4. The van der Waals surface area contributed by atoms with Gasteiger partial charge in [0.25, 0.3) is 0 Å². The Morgan fingerprint density at radius 2 is 1.75 bits per heavy atom. The van der Waals surface area contributed by atoms with Gasteiger partial charge in [-0.3, -0.25) is 9.59 Å². The molecule has 3 amide bonds. The van der Waals surface area contributed by atoms with Gasteiger partial charge in [0.2, 0.25) is 5.91 Å². The Morgan fingerprint density at radius 1 is 1.20 bits per heavy atom. The van der Waals surface area contributed by atoms with Crippen LogP contribution in [0.25, 0.3) is 0 Å². The van der Waals surface area contributed by atoms with Crippen molar-refractivity contribution >= 4 is 17.9 Å². The summed E-state index contributed by atoms with van der Waals surface area (Å²) < 4.78 is 37.3. The molecule has 0 bridgehead atoms. The zero-order chi connectivity index (χ0) is 15.5. The topological polar surface area (TPSA) is 104 Å². The molecule has 0 aromatic carbocycles. The maximum Gasteiger partial charge on any atom is 0.406 e. The van der Waals surface area contributed by atoms with Gasteiger partial charge in [0.05, 0.1) is 0 Å². The van der Waals surface area contributed by atoms with Crippen LogP contribution in [0.4, 0.5) is 18.0 Å². The van der Waals surface area contributed by atoms with Crippen molar-refractivity contribution in [3.05, 3.63) is 0 Å². The lowest BCUT2D eigenvalue weighted by molar-refractivity contribution is -0.143. The normalized spacial score (nSPS) is 14.8. The lowest BCUT2D eigenvalue weighted by Crippen LogP contribution is -2.51. The number of amides is 3. The van der Waals surface area contributed by atoms with Crippen molar-refractivity contribution in [2.45, 2.75) is 25.1 Å². The van der Waals surface area contributed by atoms with E-state index in [4.69, 9.17) is 10.8 Å². The first kappa shape index (κ1) is 16.1. The summed E-state index contributed by atoms with van der Waals surface area (Å²) in [7, 11) is 0. The van der Waals surface area contributed by atoms with E-state index in [0.717, 1.165) is 0 Å². The molecule has 20 heavy (non-hydrogen) atoms. The second-order valence-electron chi connectivity index (χ2n) is 4.47. The van der Waals surface area contributed by atoms with E-state index in [0.29, 0.717) is 22.6 Å². The van der Waals surface area contributed by atoms with Gasteiger partial charge in [-0.1, -0.05) is 0 Å². The highest BCUT2D eigenvalue weighted by Gasteiger charge is 2.42. The van der Waals surface area contributed by atoms with Gasteiger partial charge in [0.15, 0.2) is 0 Å². The van der Waals surface area contributed by atoms with Crippen molar-refractivity contribution in [2.24, 2.45) is 5.73 Å². The van der Waals surface area contributed by atoms with Crippen molar-refractivity contribution < 1.29 is 32.7 Å². The Labute approximate surface area is 112 Å². The highest BCUT2D eigenvalue weighted by Crippen LogP contribution is 2.30. The molecule has 1 fully saturated rings. The Balaban J connectivity index is 2.82. The van der Waals surface area contributed by atoms with Gasteiger partial charge in [-0.15, -0.1) is 0 Å². The van der Waals surface area contributed by atoms with Gasteiger partial charge in [0.1, 0.15) is 19.6 Å². The molecule has 1 aliphatic rings. The van der Waals surface area contributed by atoms with E-state index in [2.05, 4.69) is 0 Å². The number of urea groups is 1. The smallest absolute Gasteiger partial charge is 0.406 e. The van der Waals surface area contributed by atoms with Crippen LogP contribution in [-0.4, -0.2) is 64.7 Å². The molecule has 0 aromatic rings. The fourth-order valence-corrected chi connectivity index (χ4v) is 1.66. The highest BCUT2D eigenvalue weighted by molar-refractivity contribution is 5.86. The molecule has 1 aliphatic carbocycles. The number of carbonyl (C=O) groups is 3. The van der Waals surface area contributed by atoms with Gasteiger partial charge in [-0.2, -0.15) is 13.2 Å². The van der Waals surface area contributed by atoms with Crippen LogP contribution < -0.4 is 5.73 Å². The van der Waals surface area contributed by atoms with Crippen LogP contribution in [0.15, 0.2) is 0 Å². The van der Waals surface area contributed by atoms with Crippen molar-refractivity contribution in [2.75, 3.05) is 19.6 Å². The summed E-state index contributed by atoms with van der Waals surface area (Å²) in [6, 6.07) is -1.72. The molecule has 0 aliphatic heterocycles. The molecule has 1 rings (SSSR count). The number of halogens is 3. The van der Waals surface area contributed by atoms with E-state index in [1.807, 2.05) is 0 Å². The molecule has 10 heteroatoms. The first-order chi connectivity index (χ1) is 9.10. The molecule has 0 radical (unpaired) electrons. The van der Waals surface area contributed by atoms with Crippen molar-refractivity contribution in [3.63, 3.8) is 0 Å². The average molecular weight is 297 g/mol. The lowest BCUT2D eigenvalue weighted by Gasteiger charge is -2.29. The maximum atomic E-state index is 12.4. The summed E-state index contributed by atoms with van der Waals surface area (Å²) in [6.45, 7) is -3.11. The quantitative estimate of drug-likeness (QED) is 0.720. The first-order valence-corrected chi connectivity index (χ1v) is 5.72. The third-order valence-electron chi connectivity index (χ3n) is 2.53. The molecule has 0 atom stereocenters. The first-order valence-electron chi connectivity index (χ1n) is 5.72. The number of primary amides is 1. The van der Waals surface area contributed by atoms with Crippen molar-refractivity contribution in [1.29, 1.82) is 0 Å². The number of rotatable bonds is 6. The van der Waals surface area contributed by atoms with Crippen molar-refractivity contribution in [3.8, 4) is 0 Å². The van der Waals surface area contributed by atoms with Crippen LogP contribution in [0, 0.1) is 0 Å². The number of aliphatic carboxylic acids is 1. The molecule has 0 saturated heterocycles. The number of carboxylic acid groups (broad SMARTS) is 1. The maximum absolute atomic E-state index is 12.4. The summed E-state index contributed by atoms with van der Waals surface area (Å²) in [5, 5.41) is 8.63. The molecule has 7 nitrogen and oxygen atoms in total. The van der Waals surface area contributed by atoms with Gasteiger partial charge in [0, 0.05) is 6.04 Å². The number of carbonyl (C=O) groups excluding carboxylic acids is 2. The van der Waals surface area contributed by atoms with E-state index >= 15 is 0 Å². The van der Waals surface area contributed by atoms with E-state index < -0.39 is 49.8 Å². The predicted octanol–water partition coefficient (Wildman–Crippen LogP) is 0.00500. The Hall–Kier alpha value is -2.00. The second kappa shape index (κ2) is 5.97. The van der Waals surface area contributed by atoms with Crippen LogP contribution in [0.2, 0.25) is 0 Å². The molecule has 0 unspecified atom stereocenters. The van der Waals surface area contributed by atoms with Crippen LogP contribution in [-0.2, 0) is 9.59 Å². The van der Waals surface area contributed by atoms with Crippen molar-refractivity contribution in [1.82, 2.24) is 9.80 Å². The molecule has 3 N–H and O–H groups in total. The monoisotopic (exact) mass is 297 g/mol. The Morgan fingerprint density at radius 3 is 2.10 bits per heavy atom. The van der Waals surface area contributed by atoms with E-state index in [9.17, 15) is 27.6 Å². The fraction of sp³-hybridized carbons (Fsp3) is 0.700. The minimum atomic E-state index is -4.60. The van der Waals surface area contributed by atoms with Crippen LogP contribution in [0.5, 0.6) is 0 Å². The molecule has 0 aromatic heterocycles. The number of nitrogens with two attached hydrogens (primary N) is 1. The molecular weight excluding hydrogens is 283 g/mol. The number of carboxylic acids is 1. The summed E-state index contributed by atoms with van der Waals surface area (Å²) in [5.41, 5.74) is 4.86. The zero-order valence-electron chi connectivity index (χ0n) is 10.4. The van der Waals surface area contributed by atoms with E-state index in [1.54, 1.807) is 0 Å². The largest absolute Gasteiger partial charge is 0.480 e. The number of hydrogen-bond acceptors (Lipinski definition) is 3. The molecule has 0 heterocycles. The third-order valence-corrected chi connectivity index (χ3v) is 2.53. The van der Waals surface area contributed by atoms with Gasteiger partial charge in [-0.05, 0) is 12.8 Å². The SMILES string of the molecule is NC(=O)CN(CC(=O)O)C(=O)N(CC(F)(F)F)C1CC1. The molecular formula is C10H14F3N3O4. The van der Waals surface area contributed by atoms with E-state index in [1.165, 1.54) is 0 Å². The molecule has 0 spiro atoms. The Kier molecular flexibility index (Phi) is 4.79. The van der Waals surface area contributed by atoms with Crippen LogP contribution >= 0.6 is 0 Å². The predicted molar refractivity (Wildman–Crippen MR) is 59.6 cm³/mol. The van der Waals surface area contributed by atoms with Crippen LogP contribution in [0.1, 0.15) is 12.8 Å². The van der Waals surface area contributed by atoms with Gasteiger partial charge < -0.3 is 20.6 Å². The molecule has 1 saturated carbocycles. The lowest BCUT2D eigenvalue weighted by atomic mass is 10.4. The minimum absolute atomic E-state index is 0.416. The Bertz CT molecular complexity index is 393. The highest BCUT2D eigenvalue weighted by atomic mass is 19.4. The summed E-state index contributed by atoms with van der Waals surface area (Å²) in [6.07, 6.45) is -3.77. The summed E-state index contributed by atoms with van der Waals surface area (Å²) in [5.74, 6) is -2.44. The zero-order valence-corrected chi connectivity index (χ0v) is 10.4. The fourth-order valence-electron chi connectivity index (χ4n) is 1.66. The second-order valence-corrected chi connectivity index (χ2v) is 4.47. The minimum Gasteiger partial charge on any atom is -0.480 e. The number of nitrogens with zero attached hydrogens (tertiary/aromatic N) is 2. The molecule has 114 valence electrons. The van der Waals surface area contributed by atoms with Gasteiger partial charge >= 0.3 is 18.2 Å². The summed E-state index contributed by atoms with van der Waals surface area (Å²) >= 11 is 0. The standard InChI is InChI=1S/C10H14F3N3O4/c11-10(12,13)5-16(6-1-2-6)9(20)15(3-7(14)17)4-8(18)19/h6H,1-5H2,(H2,14,17)(H,18,19). The van der Waals surface area contributed by atoms with Crippen LogP contribution in [0.3, 0.4) is 0 Å². The third kappa shape index (κ3) is 5.33. The average Bonchev–Trinajstić information content (AvgIpc) is 3.05.